The van der Waals surface area contributed by atoms with E-state index in [1.54, 1.807) is 31.0 Å². The van der Waals surface area contributed by atoms with Crippen molar-refractivity contribution in [2.75, 3.05) is 7.11 Å². The van der Waals surface area contributed by atoms with E-state index in [0.717, 1.165) is 16.9 Å². The first-order valence-electron chi connectivity index (χ1n) is 10.8. The fraction of sp³-hybridized carbons (Fsp3) is 0.138. The maximum atomic E-state index is 11.5. The Bertz CT molecular complexity index is 1220. The number of rotatable bonds is 8. The van der Waals surface area contributed by atoms with Gasteiger partial charge in [-0.2, -0.15) is 0 Å². The summed E-state index contributed by atoms with van der Waals surface area (Å²) in [5.74, 6) is 0.546. The van der Waals surface area contributed by atoms with E-state index in [9.17, 15) is 9.90 Å². The molecular weight excluding hydrogens is 428 g/mol. The lowest BCUT2D eigenvalue weighted by molar-refractivity contribution is 0.0696. The van der Waals surface area contributed by atoms with Gasteiger partial charge in [-0.15, -0.1) is 11.8 Å². The molecule has 4 rings (SSSR count). The van der Waals surface area contributed by atoms with Gasteiger partial charge in [0.15, 0.2) is 0 Å². The average molecular weight is 455 g/mol. The summed E-state index contributed by atoms with van der Waals surface area (Å²) in [6.07, 6.45) is 0. The minimum Gasteiger partial charge on any atom is -0.497 e. The van der Waals surface area contributed by atoms with E-state index in [1.807, 2.05) is 30.3 Å². The summed E-state index contributed by atoms with van der Waals surface area (Å²) in [7, 11) is 1.67. The lowest BCUT2D eigenvalue weighted by Crippen LogP contribution is -2.26. The molecule has 0 spiro atoms. The van der Waals surface area contributed by atoms with Crippen molar-refractivity contribution in [3.05, 3.63) is 137 Å². The van der Waals surface area contributed by atoms with E-state index >= 15 is 0 Å². The first-order valence-corrected chi connectivity index (χ1v) is 11.7. The van der Waals surface area contributed by atoms with Gasteiger partial charge in [0, 0.05) is 5.75 Å². The Hall–Kier alpha value is -3.50. The zero-order valence-corrected chi connectivity index (χ0v) is 19.5. The van der Waals surface area contributed by atoms with Gasteiger partial charge in [0.05, 0.1) is 17.4 Å². The van der Waals surface area contributed by atoms with E-state index in [1.165, 1.54) is 16.7 Å². The summed E-state index contributed by atoms with van der Waals surface area (Å²) in [4.78, 5) is 11.5. The van der Waals surface area contributed by atoms with Gasteiger partial charge in [-0.25, -0.2) is 4.79 Å². The molecule has 33 heavy (non-hydrogen) atoms. The molecule has 4 heteroatoms. The fourth-order valence-corrected chi connectivity index (χ4v) is 5.49. The van der Waals surface area contributed by atoms with Crippen LogP contribution in [0.2, 0.25) is 0 Å². The molecule has 3 nitrogen and oxygen atoms in total. The number of benzene rings is 4. The number of ether oxygens (including phenoxy) is 1. The number of carboxylic acids is 1. The number of methoxy groups -OCH3 is 1. The van der Waals surface area contributed by atoms with Crippen LogP contribution in [0.15, 0.2) is 103 Å². The molecule has 0 heterocycles. The van der Waals surface area contributed by atoms with Gasteiger partial charge < -0.3 is 9.84 Å². The maximum absolute atomic E-state index is 11.5. The molecule has 4 aromatic rings. The summed E-state index contributed by atoms with van der Waals surface area (Å²) < 4.78 is 4.93. The molecular formula is C29H26O3S. The zero-order chi connectivity index (χ0) is 23.3. The van der Waals surface area contributed by atoms with Crippen LogP contribution in [-0.4, -0.2) is 18.2 Å². The van der Waals surface area contributed by atoms with E-state index in [2.05, 4.69) is 67.6 Å². The Kier molecular flexibility index (Phi) is 6.85. The SMILES string of the molecule is COc1ccc(C(SCc2cccc(C(=O)O)c2)(c2ccccc2)c2ccc(C)cc2)cc1. The monoisotopic (exact) mass is 454 g/mol. The molecule has 0 fully saturated rings. The van der Waals surface area contributed by atoms with Crippen molar-refractivity contribution in [1.29, 1.82) is 0 Å². The maximum Gasteiger partial charge on any atom is 0.335 e. The topological polar surface area (TPSA) is 46.5 Å². The van der Waals surface area contributed by atoms with Gasteiger partial charge in [-0.05, 0) is 53.4 Å². The highest BCUT2D eigenvalue weighted by molar-refractivity contribution is 7.99. The minimum atomic E-state index is -0.912. The average Bonchev–Trinajstić information content (AvgIpc) is 2.86. The number of aryl methyl sites for hydroxylation is 1. The summed E-state index contributed by atoms with van der Waals surface area (Å²) in [6, 6.07) is 34.5. The van der Waals surface area contributed by atoms with Crippen molar-refractivity contribution in [2.45, 2.75) is 17.4 Å². The Balaban J connectivity index is 1.87. The molecule has 0 amide bonds. The normalized spacial score (nSPS) is 12.7. The summed E-state index contributed by atoms with van der Waals surface area (Å²) in [5.41, 5.74) is 5.95. The molecule has 1 N–H and O–H groups in total. The summed E-state index contributed by atoms with van der Waals surface area (Å²) in [6.45, 7) is 2.09. The van der Waals surface area contributed by atoms with E-state index in [-0.39, 0.29) is 0 Å². The Morgan fingerprint density at radius 1 is 0.818 bits per heavy atom. The van der Waals surface area contributed by atoms with Crippen LogP contribution in [0.25, 0.3) is 0 Å². The number of carbonyl (C=O) groups is 1. The summed E-state index contributed by atoms with van der Waals surface area (Å²) in [5, 5.41) is 9.43. The van der Waals surface area contributed by atoms with Crippen LogP contribution in [0.4, 0.5) is 0 Å². The van der Waals surface area contributed by atoms with E-state index < -0.39 is 10.7 Å². The highest BCUT2D eigenvalue weighted by Crippen LogP contribution is 2.50. The van der Waals surface area contributed by atoms with Crippen molar-refractivity contribution in [1.82, 2.24) is 0 Å². The Labute approximate surface area is 199 Å². The van der Waals surface area contributed by atoms with Crippen LogP contribution in [0.1, 0.15) is 38.2 Å². The van der Waals surface area contributed by atoms with Gasteiger partial charge in [0.25, 0.3) is 0 Å². The number of thioether (sulfide) groups is 1. The van der Waals surface area contributed by atoms with Gasteiger partial charge in [0.1, 0.15) is 5.75 Å². The third kappa shape index (κ3) is 4.81. The lowest BCUT2D eigenvalue weighted by atomic mass is 9.83. The molecule has 0 aromatic heterocycles. The standard InChI is InChI=1S/C29H26O3S/c1-21-11-13-25(14-12-21)29(24-9-4-3-5-10-24,26-15-17-27(32-2)18-16-26)33-20-22-7-6-8-23(19-22)28(30)31/h3-19H,20H2,1-2H3,(H,30,31). The molecule has 0 aliphatic heterocycles. The van der Waals surface area contributed by atoms with Crippen molar-refractivity contribution < 1.29 is 14.6 Å². The smallest absolute Gasteiger partial charge is 0.335 e. The highest BCUT2D eigenvalue weighted by Gasteiger charge is 2.37. The van der Waals surface area contributed by atoms with Crippen LogP contribution in [0, 0.1) is 6.92 Å². The molecule has 166 valence electrons. The second-order valence-corrected chi connectivity index (χ2v) is 9.13. The molecule has 0 aliphatic carbocycles. The van der Waals surface area contributed by atoms with Crippen LogP contribution >= 0.6 is 11.8 Å². The molecule has 1 atom stereocenters. The van der Waals surface area contributed by atoms with Gasteiger partial charge in [0.2, 0.25) is 0 Å². The predicted molar refractivity (Wildman–Crippen MR) is 135 cm³/mol. The van der Waals surface area contributed by atoms with Crippen molar-refractivity contribution in [2.24, 2.45) is 0 Å². The Morgan fingerprint density at radius 3 is 2.03 bits per heavy atom. The van der Waals surface area contributed by atoms with Crippen LogP contribution < -0.4 is 4.74 Å². The van der Waals surface area contributed by atoms with Gasteiger partial charge >= 0.3 is 5.97 Å². The van der Waals surface area contributed by atoms with Crippen molar-refractivity contribution in [3.8, 4) is 5.75 Å². The lowest BCUT2D eigenvalue weighted by Gasteiger charge is -2.36. The van der Waals surface area contributed by atoms with Crippen molar-refractivity contribution >= 4 is 17.7 Å². The van der Waals surface area contributed by atoms with Gasteiger partial charge in [-0.1, -0.05) is 84.4 Å². The molecule has 0 bridgehead atoms. The quantitative estimate of drug-likeness (QED) is 0.293. The minimum absolute atomic E-state index is 0.304. The van der Waals surface area contributed by atoms with Crippen LogP contribution in [0.5, 0.6) is 5.75 Å². The van der Waals surface area contributed by atoms with Crippen molar-refractivity contribution in [3.63, 3.8) is 0 Å². The number of hydrogen-bond acceptors (Lipinski definition) is 3. The third-order valence-corrected chi connectivity index (χ3v) is 7.38. The third-order valence-electron chi connectivity index (χ3n) is 5.76. The van der Waals surface area contributed by atoms with Crippen LogP contribution in [0.3, 0.4) is 0 Å². The van der Waals surface area contributed by atoms with E-state index in [4.69, 9.17) is 4.74 Å². The predicted octanol–water partition coefficient (Wildman–Crippen LogP) is 6.93. The molecule has 0 aliphatic rings. The van der Waals surface area contributed by atoms with Crippen LogP contribution in [-0.2, 0) is 10.5 Å². The summed E-state index contributed by atoms with van der Waals surface area (Å²) >= 11 is 1.79. The first kappa shape index (κ1) is 22.7. The number of carboxylic acid groups (broad SMARTS) is 1. The van der Waals surface area contributed by atoms with Gasteiger partial charge in [-0.3, -0.25) is 0 Å². The molecule has 0 radical (unpaired) electrons. The molecule has 1 unspecified atom stereocenters. The molecule has 0 saturated carbocycles. The zero-order valence-electron chi connectivity index (χ0n) is 18.7. The second-order valence-electron chi connectivity index (χ2n) is 7.94. The second kappa shape index (κ2) is 9.97. The number of hydrogen-bond donors (Lipinski definition) is 1. The first-order chi connectivity index (χ1) is 16.0. The molecule has 4 aromatic carbocycles. The largest absolute Gasteiger partial charge is 0.497 e. The number of aromatic carboxylic acids is 1. The Morgan fingerprint density at radius 2 is 1.42 bits per heavy atom. The van der Waals surface area contributed by atoms with E-state index in [0.29, 0.717) is 11.3 Å². The fourth-order valence-electron chi connectivity index (χ4n) is 4.02. The molecule has 0 saturated heterocycles. The highest BCUT2D eigenvalue weighted by atomic mass is 32.2.